The van der Waals surface area contributed by atoms with Crippen LogP contribution in [0.4, 0.5) is 0 Å². The zero-order valence-corrected chi connectivity index (χ0v) is 17.4. The number of halogens is 2. The number of carbonyl (C=O) groups is 1. The van der Waals surface area contributed by atoms with Crippen molar-refractivity contribution in [1.82, 2.24) is 25.3 Å². The Morgan fingerprint density at radius 3 is 2.82 bits per heavy atom. The van der Waals surface area contributed by atoms with Crippen molar-refractivity contribution in [1.29, 1.82) is 0 Å². The van der Waals surface area contributed by atoms with Gasteiger partial charge in [0.05, 0.1) is 7.11 Å². The van der Waals surface area contributed by atoms with Crippen LogP contribution in [0.25, 0.3) is 0 Å². The summed E-state index contributed by atoms with van der Waals surface area (Å²) in [6.07, 6.45) is 0.894. The zero-order valence-electron chi connectivity index (χ0n) is 15.8. The van der Waals surface area contributed by atoms with Crippen LogP contribution in [0.15, 0.2) is 18.2 Å². The number of rotatable bonds is 4. The molecular formula is C19H25Cl2N5O2. The van der Waals surface area contributed by atoms with E-state index < -0.39 is 0 Å². The number of H-pyrrole nitrogens is 1. The first-order chi connectivity index (χ1) is 13.2. The lowest BCUT2D eigenvalue weighted by Crippen LogP contribution is -2.48. The number of amides is 1. The van der Waals surface area contributed by atoms with Gasteiger partial charge in [0.25, 0.3) is 5.91 Å². The van der Waals surface area contributed by atoms with Crippen molar-refractivity contribution in [2.24, 2.45) is 0 Å². The van der Waals surface area contributed by atoms with Gasteiger partial charge < -0.3 is 15.0 Å². The predicted octanol–water partition coefficient (Wildman–Crippen LogP) is 2.10. The SMILES string of the molecule is COc1ccc(Cl)cc1CN1CCN(C(=O)c2n[nH]c3c2CNCC3)CC1.Cl. The summed E-state index contributed by atoms with van der Waals surface area (Å²) in [6, 6.07) is 5.67. The summed E-state index contributed by atoms with van der Waals surface area (Å²) < 4.78 is 5.44. The van der Waals surface area contributed by atoms with Gasteiger partial charge in [-0.15, -0.1) is 12.4 Å². The number of ether oxygens (including phenoxy) is 1. The van der Waals surface area contributed by atoms with E-state index in [9.17, 15) is 4.79 Å². The van der Waals surface area contributed by atoms with Crippen molar-refractivity contribution in [3.63, 3.8) is 0 Å². The highest BCUT2D eigenvalue weighted by atomic mass is 35.5. The highest BCUT2D eigenvalue weighted by molar-refractivity contribution is 6.30. The van der Waals surface area contributed by atoms with Crippen molar-refractivity contribution in [2.75, 3.05) is 39.8 Å². The van der Waals surface area contributed by atoms with Crippen molar-refractivity contribution in [3.8, 4) is 5.75 Å². The number of hydrogen-bond donors (Lipinski definition) is 2. The van der Waals surface area contributed by atoms with Crippen LogP contribution in [0.3, 0.4) is 0 Å². The monoisotopic (exact) mass is 425 g/mol. The molecule has 1 saturated heterocycles. The Bertz CT molecular complexity index is 834. The molecule has 4 rings (SSSR count). The summed E-state index contributed by atoms with van der Waals surface area (Å²) >= 11 is 6.13. The Kier molecular flexibility index (Phi) is 6.82. The molecule has 1 amide bonds. The van der Waals surface area contributed by atoms with Crippen molar-refractivity contribution >= 4 is 29.9 Å². The number of hydrogen-bond acceptors (Lipinski definition) is 5. The van der Waals surface area contributed by atoms with Gasteiger partial charge in [-0.05, 0) is 18.2 Å². The van der Waals surface area contributed by atoms with Crippen LogP contribution in [-0.4, -0.2) is 65.7 Å². The number of methoxy groups -OCH3 is 1. The van der Waals surface area contributed by atoms with E-state index in [-0.39, 0.29) is 18.3 Å². The molecule has 9 heteroatoms. The fourth-order valence-electron chi connectivity index (χ4n) is 3.77. The number of carbonyl (C=O) groups excluding carboxylic acids is 1. The Morgan fingerprint density at radius 2 is 2.07 bits per heavy atom. The molecule has 2 N–H and O–H groups in total. The third-order valence-electron chi connectivity index (χ3n) is 5.30. The van der Waals surface area contributed by atoms with Crippen molar-refractivity contribution in [2.45, 2.75) is 19.5 Å². The molecule has 7 nitrogen and oxygen atoms in total. The number of piperazine rings is 1. The van der Waals surface area contributed by atoms with E-state index in [2.05, 4.69) is 20.4 Å². The lowest BCUT2D eigenvalue weighted by atomic mass is 10.1. The first-order valence-corrected chi connectivity index (χ1v) is 9.64. The summed E-state index contributed by atoms with van der Waals surface area (Å²) in [4.78, 5) is 17.1. The van der Waals surface area contributed by atoms with E-state index in [1.54, 1.807) is 7.11 Å². The Labute approximate surface area is 175 Å². The molecule has 0 radical (unpaired) electrons. The second kappa shape index (κ2) is 9.13. The number of aromatic nitrogens is 2. The number of nitrogens with one attached hydrogen (secondary N) is 2. The highest BCUT2D eigenvalue weighted by Gasteiger charge is 2.28. The standard InChI is InChI=1S/C19H24ClN5O2.ClH/c1-27-17-3-2-14(20)10-13(17)12-24-6-8-25(9-7-24)19(26)18-15-11-21-5-4-16(15)22-23-18;/h2-3,10,21H,4-9,11-12H2,1H3,(H,22,23);1H. The molecular weight excluding hydrogens is 401 g/mol. The van der Waals surface area contributed by atoms with Gasteiger partial charge in [0.2, 0.25) is 0 Å². The molecule has 1 aromatic heterocycles. The van der Waals surface area contributed by atoms with Gasteiger partial charge in [0, 0.05) is 74.1 Å². The molecule has 0 atom stereocenters. The van der Waals surface area contributed by atoms with Crippen molar-refractivity contribution < 1.29 is 9.53 Å². The normalized spacial score (nSPS) is 17.0. The predicted molar refractivity (Wildman–Crippen MR) is 110 cm³/mol. The van der Waals surface area contributed by atoms with Crippen LogP contribution in [0.1, 0.15) is 27.3 Å². The second-order valence-corrected chi connectivity index (χ2v) is 7.42. The first-order valence-electron chi connectivity index (χ1n) is 9.26. The van der Waals surface area contributed by atoms with Crippen LogP contribution in [0.2, 0.25) is 5.02 Å². The van der Waals surface area contributed by atoms with E-state index in [0.29, 0.717) is 30.4 Å². The van der Waals surface area contributed by atoms with Gasteiger partial charge in [-0.2, -0.15) is 5.10 Å². The Hall–Kier alpha value is -1.80. The highest BCUT2D eigenvalue weighted by Crippen LogP contribution is 2.25. The molecule has 0 spiro atoms. The smallest absolute Gasteiger partial charge is 0.274 e. The minimum atomic E-state index is 0. The van der Waals surface area contributed by atoms with Gasteiger partial charge in [0.15, 0.2) is 5.69 Å². The molecule has 2 aliphatic rings. The maximum atomic E-state index is 12.9. The van der Waals surface area contributed by atoms with Crippen LogP contribution in [-0.2, 0) is 19.5 Å². The van der Waals surface area contributed by atoms with Crippen LogP contribution in [0, 0.1) is 0 Å². The number of benzene rings is 1. The minimum absolute atomic E-state index is 0. The fraction of sp³-hybridized carbons (Fsp3) is 0.474. The van der Waals surface area contributed by atoms with Gasteiger partial charge in [0.1, 0.15) is 5.75 Å². The number of aromatic amines is 1. The van der Waals surface area contributed by atoms with Crippen LogP contribution in [0.5, 0.6) is 5.75 Å². The maximum absolute atomic E-state index is 12.9. The number of fused-ring (bicyclic) bond motifs is 1. The third-order valence-corrected chi connectivity index (χ3v) is 5.54. The average Bonchev–Trinajstić information content (AvgIpc) is 3.12. The first kappa shape index (κ1) is 20.9. The largest absolute Gasteiger partial charge is 0.496 e. The summed E-state index contributed by atoms with van der Waals surface area (Å²) in [5.41, 5.74) is 3.75. The molecule has 2 aromatic rings. The quantitative estimate of drug-likeness (QED) is 0.784. The number of nitrogens with zero attached hydrogens (tertiary/aromatic N) is 3. The Balaban J connectivity index is 0.00000225. The summed E-state index contributed by atoms with van der Waals surface area (Å²) in [5.74, 6) is 0.866. The van der Waals surface area contributed by atoms with E-state index in [1.807, 2.05) is 23.1 Å². The molecule has 0 unspecified atom stereocenters. The molecule has 0 aliphatic carbocycles. The molecule has 152 valence electrons. The summed E-state index contributed by atoms with van der Waals surface area (Å²) in [5, 5.41) is 11.3. The maximum Gasteiger partial charge on any atom is 0.274 e. The van der Waals surface area contributed by atoms with E-state index >= 15 is 0 Å². The van der Waals surface area contributed by atoms with Crippen LogP contribution < -0.4 is 10.1 Å². The lowest BCUT2D eigenvalue weighted by Gasteiger charge is -2.34. The summed E-state index contributed by atoms with van der Waals surface area (Å²) in [6.45, 7) is 5.40. The second-order valence-electron chi connectivity index (χ2n) is 6.98. The zero-order chi connectivity index (χ0) is 18.8. The van der Waals surface area contributed by atoms with E-state index in [1.165, 1.54) is 0 Å². The van der Waals surface area contributed by atoms with Gasteiger partial charge in [-0.1, -0.05) is 11.6 Å². The van der Waals surface area contributed by atoms with E-state index in [4.69, 9.17) is 16.3 Å². The molecule has 1 aromatic carbocycles. The molecule has 1 fully saturated rings. The van der Waals surface area contributed by atoms with E-state index in [0.717, 1.165) is 55.2 Å². The lowest BCUT2D eigenvalue weighted by molar-refractivity contribution is 0.0620. The topological polar surface area (TPSA) is 73.5 Å². The van der Waals surface area contributed by atoms with Crippen LogP contribution >= 0.6 is 24.0 Å². The molecule has 0 bridgehead atoms. The van der Waals surface area contributed by atoms with Gasteiger partial charge >= 0.3 is 0 Å². The Morgan fingerprint density at radius 1 is 1.29 bits per heavy atom. The summed E-state index contributed by atoms with van der Waals surface area (Å²) in [7, 11) is 1.67. The average molecular weight is 426 g/mol. The fourth-order valence-corrected chi connectivity index (χ4v) is 3.97. The minimum Gasteiger partial charge on any atom is -0.496 e. The molecule has 3 heterocycles. The van der Waals surface area contributed by atoms with Crippen molar-refractivity contribution in [3.05, 3.63) is 45.7 Å². The molecule has 0 saturated carbocycles. The third kappa shape index (κ3) is 4.27. The van der Waals surface area contributed by atoms with Gasteiger partial charge in [-0.25, -0.2) is 0 Å². The molecule has 28 heavy (non-hydrogen) atoms. The molecule has 2 aliphatic heterocycles. The van der Waals surface area contributed by atoms with Gasteiger partial charge in [-0.3, -0.25) is 14.8 Å².